The molecule has 0 radical (unpaired) electrons. The van der Waals surface area contributed by atoms with E-state index in [0.29, 0.717) is 34.3 Å². The summed E-state index contributed by atoms with van der Waals surface area (Å²) in [4.78, 5) is 24.9. The highest BCUT2D eigenvalue weighted by Crippen LogP contribution is 2.41. The summed E-state index contributed by atoms with van der Waals surface area (Å²) in [7, 11) is 3.08. The van der Waals surface area contributed by atoms with Crippen molar-refractivity contribution in [2.24, 2.45) is 11.8 Å². The Morgan fingerprint density at radius 2 is 1.63 bits per heavy atom. The van der Waals surface area contributed by atoms with Crippen LogP contribution < -0.4 is 20.1 Å². The fourth-order valence-corrected chi connectivity index (χ4v) is 3.03. The van der Waals surface area contributed by atoms with Crippen LogP contribution in [0.15, 0.2) is 36.4 Å². The molecule has 2 amide bonds. The van der Waals surface area contributed by atoms with Crippen LogP contribution >= 0.6 is 11.6 Å². The molecule has 1 aliphatic carbocycles. The van der Waals surface area contributed by atoms with Crippen LogP contribution in [0.2, 0.25) is 5.02 Å². The molecule has 2 N–H and O–H groups in total. The zero-order valence-corrected chi connectivity index (χ0v) is 16.1. The van der Waals surface area contributed by atoms with Gasteiger partial charge in [-0.1, -0.05) is 17.7 Å². The molecule has 6 nitrogen and oxygen atoms in total. The first kappa shape index (κ1) is 19.0. The molecule has 2 atom stereocenters. The fourth-order valence-electron chi connectivity index (χ4n) is 2.86. The predicted molar refractivity (Wildman–Crippen MR) is 105 cm³/mol. The van der Waals surface area contributed by atoms with Gasteiger partial charge in [0.2, 0.25) is 11.8 Å². The average Bonchev–Trinajstić information content (AvgIpc) is 3.46. The second-order valence-corrected chi connectivity index (χ2v) is 6.89. The maximum absolute atomic E-state index is 12.5. The largest absolute Gasteiger partial charge is 0.497 e. The number of halogens is 1. The third-order valence-electron chi connectivity index (χ3n) is 4.59. The topological polar surface area (TPSA) is 76.7 Å². The van der Waals surface area contributed by atoms with Crippen LogP contribution in [-0.2, 0) is 9.59 Å². The summed E-state index contributed by atoms with van der Waals surface area (Å²) in [5.74, 6) is 0.0249. The second-order valence-electron chi connectivity index (χ2n) is 6.45. The van der Waals surface area contributed by atoms with E-state index in [4.69, 9.17) is 21.1 Å². The third-order valence-corrected chi connectivity index (χ3v) is 4.82. The van der Waals surface area contributed by atoms with Gasteiger partial charge in [0, 0.05) is 16.8 Å². The number of ether oxygens (including phenoxy) is 2. The molecule has 0 saturated heterocycles. The first-order valence-corrected chi connectivity index (χ1v) is 8.90. The Morgan fingerprint density at radius 3 is 2.26 bits per heavy atom. The zero-order valence-electron chi connectivity index (χ0n) is 15.3. The van der Waals surface area contributed by atoms with Crippen LogP contribution in [0.3, 0.4) is 0 Å². The van der Waals surface area contributed by atoms with Crippen molar-refractivity contribution in [1.82, 2.24) is 0 Å². The molecular formula is C20H21ClN2O4. The van der Waals surface area contributed by atoms with Gasteiger partial charge in [-0.2, -0.15) is 0 Å². The number of benzene rings is 2. The second kappa shape index (κ2) is 7.88. The van der Waals surface area contributed by atoms with Crippen molar-refractivity contribution in [2.75, 3.05) is 24.9 Å². The molecule has 0 aliphatic heterocycles. The quantitative estimate of drug-likeness (QED) is 0.787. The van der Waals surface area contributed by atoms with Gasteiger partial charge < -0.3 is 20.1 Å². The number of anilines is 2. The van der Waals surface area contributed by atoms with Gasteiger partial charge in [-0.25, -0.2) is 0 Å². The number of carbonyl (C=O) groups is 2. The number of hydrogen-bond acceptors (Lipinski definition) is 4. The lowest BCUT2D eigenvalue weighted by Gasteiger charge is -2.12. The van der Waals surface area contributed by atoms with E-state index < -0.39 is 0 Å². The molecule has 1 fully saturated rings. The van der Waals surface area contributed by atoms with E-state index in [1.807, 2.05) is 13.0 Å². The summed E-state index contributed by atoms with van der Waals surface area (Å²) in [5, 5.41) is 6.23. The van der Waals surface area contributed by atoms with Crippen LogP contribution in [0, 0.1) is 18.8 Å². The minimum absolute atomic E-state index is 0.179. The van der Waals surface area contributed by atoms with Gasteiger partial charge in [-0.05, 0) is 43.2 Å². The summed E-state index contributed by atoms with van der Waals surface area (Å²) in [6.45, 7) is 1.89. The Bertz CT molecular complexity index is 884. The van der Waals surface area contributed by atoms with Gasteiger partial charge in [-0.3, -0.25) is 9.59 Å². The molecule has 0 spiro atoms. The minimum Gasteiger partial charge on any atom is -0.497 e. The molecule has 27 heavy (non-hydrogen) atoms. The van der Waals surface area contributed by atoms with Crippen LogP contribution in [0.5, 0.6) is 11.5 Å². The summed E-state index contributed by atoms with van der Waals surface area (Å²) in [6, 6.07) is 10.4. The Kier molecular flexibility index (Phi) is 5.56. The van der Waals surface area contributed by atoms with Crippen molar-refractivity contribution in [1.29, 1.82) is 0 Å². The molecule has 0 heterocycles. The number of nitrogens with one attached hydrogen (secondary N) is 2. The normalized spacial score (nSPS) is 17.8. The molecule has 2 aromatic rings. The first-order chi connectivity index (χ1) is 12.9. The maximum atomic E-state index is 12.5. The van der Waals surface area contributed by atoms with Gasteiger partial charge in [0.1, 0.15) is 11.5 Å². The van der Waals surface area contributed by atoms with E-state index in [-0.39, 0.29) is 23.7 Å². The monoisotopic (exact) mass is 388 g/mol. The van der Waals surface area contributed by atoms with E-state index in [1.165, 1.54) is 7.11 Å². The van der Waals surface area contributed by atoms with E-state index in [0.717, 1.165) is 5.56 Å². The lowest BCUT2D eigenvalue weighted by Crippen LogP contribution is -2.21. The summed E-state index contributed by atoms with van der Waals surface area (Å²) in [5.41, 5.74) is 2.12. The highest BCUT2D eigenvalue weighted by molar-refractivity contribution is 6.31. The van der Waals surface area contributed by atoms with Crippen LogP contribution in [0.4, 0.5) is 11.4 Å². The average molecular weight is 389 g/mol. The van der Waals surface area contributed by atoms with Crippen molar-refractivity contribution < 1.29 is 19.1 Å². The van der Waals surface area contributed by atoms with Crippen molar-refractivity contribution >= 4 is 34.8 Å². The van der Waals surface area contributed by atoms with Crippen LogP contribution in [0.1, 0.15) is 12.0 Å². The van der Waals surface area contributed by atoms with Crippen LogP contribution in [-0.4, -0.2) is 26.0 Å². The number of carbonyl (C=O) groups excluding carboxylic acids is 2. The lowest BCUT2D eigenvalue weighted by atomic mass is 10.2. The first-order valence-electron chi connectivity index (χ1n) is 8.53. The number of amides is 2. The smallest absolute Gasteiger partial charge is 0.228 e. The zero-order chi connectivity index (χ0) is 19.6. The molecule has 2 unspecified atom stereocenters. The van der Waals surface area contributed by atoms with E-state index in [9.17, 15) is 9.59 Å². The van der Waals surface area contributed by atoms with E-state index in [2.05, 4.69) is 10.6 Å². The van der Waals surface area contributed by atoms with Gasteiger partial charge in [0.05, 0.1) is 31.7 Å². The Morgan fingerprint density at radius 1 is 0.963 bits per heavy atom. The molecule has 0 bridgehead atoms. The SMILES string of the molecule is COc1ccc(NC(=O)C2CC2C(=O)Nc2cc(Cl)ccc2C)c(OC)c1. The lowest BCUT2D eigenvalue weighted by molar-refractivity contribution is -0.122. The molecule has 1 aliphatic rings. The Hall–Kier alpha value is -2.73. The molecule has 1 saturated carbocycles. The molecule has 142 valence electrons. The van der Waals surface area contributed by atoms with Crippen molar-refractivity contribution in [3.8, 4) is 11.5 Å². The van der Waals surface area contributed by atoms with Crippen molar-refractivity contribution in [3.63, 3.8) is 0 Å². The molecule has 3 rings (SSSR count). The van der Waals surface area contributed by atoms with E-state index >= 15 is 0 Å². The Labute approximate surface area is 162 Å². The van der Waals surface area contributed by atoms with Gasteiger partial charge in [-0.15, -0.1) is 0 Å². The Balaban J connectivity index is 1.62. The van der Waals surface area contributed by atoms with Crippen LogP contribution in [0.25, 0.3) is 0 Å². The van der Waals surface area contributed by atoms with Gasteiger partial charge in [0.15, 0.2) is 0 Å². The number of hydrogen-bond donors (Lipinski definition) is 2. The van der Waals surface area contributed by atoms with Crippen molar-refractivity contribution in [2.45, 2.75) is 13.3 Å². The summed E-state index contributed by atoms with van der Waals surface area (Å²) >= 11 is 5.98. The summed E-state index contributed by atoms with van der Waals surface area (Å²) < 4.78 is 10.4. The van der Waals surface area contributed by atoms with Crippen molar-refractivity contribution in [3.05, 3.63) is 47.0 Å². The molecule has 0 aromatic heterocycles. The van der Waals surface area contributed by atoms with Gasteiger partial charge >= 0.3 is 0 Å². The highest BCUT2D eigenvalue weighted by Gasteiger charge is 2.48. The standard InChI is InChI=1S/C20H21ClN2O4/c1-11-4-5-12(21)8-17(11)23-20(25)15-10-14(15)19(24)22-16-7-6-13(26-2)9-18(16)27-3/h4-9,14-15H,10H2,1-3H3,(H,22,24)(H,23,25). The number of methoxy groups -OCH3 is 2. The number of aryl methyl sites for hydroxylation is 1. The summed E-state index contributed by atoms with van der Waals surface area (Å²) in [6.07, 6.45) is 0.510. The minimum atomic E-state index is -0.365. The van der Waals surface area contributed by atoms with Gasteiger partial charge in [0.25, 0.3) is 0 Å². The fraction of sp³-hybridized carbons (Fsp3) is 0.300. The predicted octanol–water partition coefficient (Wildman–Crippen LogP) is 3.88. The molecule has 7 heteroatoms. The molecular weight excluding hydrogens is 368 g/mol. The highest BCUT2D eigenvalue weighted by atomic mass is 35.5. The third kappa shape index (κ3) is 4.34. The number of rotatable bonds is 6. The van der Waals surface area contributed by atoms with E-state index in [1.54, 1.807) is 37.4 Å². The maximum Gasteiger partial charge on any atom is 0.228 e. The molecule has 2 aromatic carbocycles.